The predicted molar refractivity (Wildman–Crippen MR) is 72.4 cm³/mol. The molecule has 1 aromatic carbocycles. The molecule has 7 heteroatoms. The number of aliphatic carboxylic acids is 1. The van der Waals surface area contributed by atoms with E-state index in [0.29, 0.717) is 9.58 Å². The molecule has 2 aromatic rings. The number of halogens is 1. The van der Waals surface area contributed by atoms with Crippen LogP contribution in [0.25, 0.3) is 10.1 Å². The maximum Gasteiger partial charge on any atom is 0.332 e. The number of carbonyl (C=O) groups excluding carboxylic acids is 1. The Morgan fingerprint density at radius 1 is 1.35 bits per heavy atom. The van der Waals surface area contributed by atoms with Crippen LogP contribution < -0.4 is 5.32 Å². The van der Waals surface area contributed by atoms with Gasteiger partial charge in [0.05, 0.1) is 4.88 Å². The van der Waals surface area contributed by atoms with Crippen molar-refractivity contribution in [1.82, 2.24) is 5.32 Å². The van der Waals surface area contributed by atoms with Crippen LogP contribution in [0.5, 0.6) is 0 Å². The third kappa shape index (κ3) is 3.31. The van der Waals surface area contributed by atoms with E-state index < -0.39 is 12.1 Å². The molecule has 0 aliphatic heterocycles. The molecule has 1 amide bonds. The van der Waals surface area contributed by atoms with E-state index in [4.69, 9.17) is 10.2 Å². The van der Waals surface area contributed by atoms with Crippen molar-refractivity contribution >= 4 is 33.3 Å². The van der Waals surface area contributed by atoms with Crippen molar-refractivity contribution in [3.63, 3.8) is 0 Å². The fourth-order valence-electron chi connectivity index (χ4n) is 1.65. The number of fused-ring (bicyclic) bond motifs is 1. The Labute approximate surface area is 117 Å². The summed E-state index contributed by atoms with van der Waals surface area (Å²) in [6.07, 6.45) is -1.56. The van der Waals surface area contributed by atoms with Crippen molar-refractivity contribution in [2.45, 2.75) is 12.5 Å². The maximum atomic E-state index is 13.0. The summed E-state index contributed by atoms with van der Waals surface area (Å²) in [5.41, 5.74) is 0. The number of amides is 1. The lowest BCUT2D eigenvalue weighted by Crippen LogP contribution is -2.29. The highest BCUT2D eigenvalue weighted by Gasteiger charge is 2.14. The fourth-order valence-corrected chi connectivity index (χ4v) is 2.65. The van der Waals surface area contributed by atoms with Crippen molar-refractivity contribution < 1.29 is 24.2 Å². The van der Waals surface area contributed by atoms with Crippen molar-refractivity contribution in [1.29, 1.82) is 0 Å². The Bertz CT molecular complexity index is 655. The second-order valence-electron chi connectivity index (χ2n) is 4.19. The smallest absolute Gasteiger partial charge is 0.332 e. The number of carbonyl (C=O) groups is 2. The standard InChI is InChI=1S/C13H12FNO4S/c14-8-2-1-7-5-11(20-10(7)6-8)12(17)15-4-3-9(16)13(18)19/h1-2,5-6,9,16H,3-4H2,(H,15,17)(H,18,19). The first kappa shape index (κ1) is 14.4. The number of carboxylic acids is 1. The number of carboxylic acid groups (broad SMARTS) is 1. The molecule has 0 aliphatic carbocycles. The fraction of sp³-hybridized carbons (Fsp3) is 0.231. The van der Waals surface area contributed by atoms with Crippen molar-refractivity contribution in [2.24, 2.45) is 0 Å². The zero-order valence-electron chi connectivity index (χ0n) is 10.3. The van der Waals surface area contributed by atoms with Gasteiger partial charge in [-0.15, -0.1) is 11.3 Å². The molecule has 0 saturated heterocycles. The maximum absolute atomic E-state index is 13.0. The molecule has 20 heavy (non-hydrogen) atoms. The molecule has 0 bridgehead atoms. The van der Waals surface area contributed by atoms with Crippen LogP contribution in [0, 0.1) is 5.82 Å². The first-order valence-electron chi connectivity index (χ1n) is 5.85. The molecule has 1 unspecified atom stereocenters. The van der Waals surface area contributed by atoms with Gasteiger partial charge in [-0.1, -0.05) is 6.07 Å². The van der Waals surface area contributed by atoms with Gasteiger partial charge < -0.3 is 15.5 Å². The highest BCUT2D eigenvalue weighted by molar-refractivity contribution is 7.20. The summed E-state index contributed by atoms with van der Waals surface area (Å²) in [5, 5.41) is 20.8. The monoisotopic (exact) mass is 297 g/mol. The Morgan fingerprint density at radius 2 is 2.10 bits per heavy atom. The lowest BCUT2D eigenvalue weighted by molar-refractivity contribution is -0.146. The van der Waals surface area contributed by atoms with Crippen LogP contribution in [0.15, 0.2) is 24.3 Å². The summed E-state index contributed by atoms with van der Waals surface area (Å²) in [5.74, 6) is -2.06. The minimum atomic E-state index is -1.49. The zero-order valence-corrected chi connectivity index (χ0v) is 11.1. The number of aliphatic hydroxyl groups is 1. The zero-order chi connectivity index (χ0) is 14.7. The molecule has 2 rings (SSSR count). The van der Waals surface area contributed by atoms with Gasteiger partial charge in [0.2, 0.25) is 0 Å². The Hall–Kier alpha value is -1.99. The molecule has 1 atom stereocenters. The average Bonchev–Trinajstić information content (AvgIpc) is 2.81. The van der Waals surface area contributed by atoms with Gasteiger partial charge in [0.15, 0.2) is 6.10 Å². The molecule has 0 saturated carbocycles. The molecule has 1 heterocycles. The lowest BCUT2D eigenvalue weighted by Gasteiger charge is -2.05. The lowest BCUT2D eigenvalue weighted by atomic mass is 10.2. The Kier molecular flexibility index (Phi) is 4.31. The van der Waals surface area contributed by atoms with E-state index in [1.165, 1.54) is 12.1 Å². The van der Waals surface area contributed by atoms with E-state index >= 15 is 0 Å². The first-order valence-corrected chi connectivity index (χ1v) is 6.67. The predicted octanol–water partition coefficient (Wildman–Crippen LogP) is 1.61. The highest BCUT2D eigenvalue weighted by atomic mass is 32.1. The quantitative estimate of drug-likeness (QED) is 0.782. The third-order valence-electron chi connectivity index (χ3n) is 2.69. The van der Waals surface area contributed by atoms with Crippen molar-refractivity contribution in [2.75, 3.05) is 6.54 Å². The van der Waals surface area contributed by atoms with E-state index in [9.17, 15) is 14.0 Å². The normalized spacial score (nSPS) is 12.3. The molecule has 5 nitrogen and oxygen atoms in total. The summed E-state index contributed by atoms with van der Waals surface area (Å²) in [6.45, 7) is 0.0505. The van der Waals surface area contributed by atoms with E-state index in [1.807, 2.05) is 0 Å². The van der Waals surface area contributed by atoms with Crippen molar-refractivity contribution in [3.8, 4) is 0 Å². The first-order chi connectivity index (χ1) is 9.47. The minimum absolute atomic E-state index is 0.0505. The summed E-state index contributed by atoms with van der Waals surface area (Å²) < 4.78 is 13.7. The van der Waals surface area contributed by atoms with Gasteiger partial charge in [0.25, 0.3) is 5.91 Å². The largest absolute Gasteiger partial charge is 0.479 e. The van der Waals surface area contributed by atoms with Crippen LogP contribution in [0.4, 0.5) is 4.39 Å². The molecular weight excluding hydrogens is 285 g/mol. The molecule has 106 valence electrons. The van der Waals surface area contributed by atoms with Crippen LogP contribution >= 0.6 is 11.3 Å². The van der Waals surface area contributed by atoms with Crippen LogP contribution in [0.3, 0.4) is 0 Å². The van der Waals surface area contributed by atoms with Gasteiger partial charge in [0.1, 0.15) is 5.82 Å². The van der Waals surface area contributed by atoms with Crippen LogP contribution in [0.1, 0.15) is 16.1 Å². The van der Waals surface area contributed by atoms with Crippen molar-refractivity contribution in [3.05, 3.63) is 35.0 Å². The van der Waals surface area contributed by atoms with E-state index in [0.717, 1.165) is 16.7 Å². The van der Waals surface area contributed by atoms with Gasteiger partial charge in [-0.2, -0.15) is 0 Å². The van der Waals surface area contributed by atoms with E-state index in [2.05, 4.69) is 5.32 Å². The second-order valence-corrected chi connectivity index (χ2v) is 5.28. The van der Waals surface area contributed by atoms with E-state index in [1.54, 1.807) is 12.1 Å². The molecule has 3 N–H and O–H groups in total. The summed E-state index contributed by atoms with van der Waals surface area (Å²) in [6, 6.07) is 5.90. The minimum Gasteiger partial charge on any atom is -0.479 e. The molecule has 0 radical (unpaired) electrons. The Morgan fingerprint density at radius 3 is 2.80 bits per heavy atom. The number of benzene rings is 1. The number of hydrogen-bond donors (Lipinski definition) is 3. The topological polar surface area (TPSA) is 86.6 Å². The van der Waals surface area contributed by atoms with Crippen LogP contribution in [0.2, 0.25) is 0 Å². The van der Waals surface area contributed by atoms with Crippen LogP contribution in [-0.4, -0.2) is 34.7 Å². The number of thiophene rings is 1. The van der Waals surface area contributed by atoms with Gasteiger partial charge in [-0.3, -0.25) is 4.79 Å². The highest BCUT2D eigenvalue weighted by Crippen LogP contribution is 2.26. The van der Waals surface area contributed by atoms with Crippen LogP contribution in [-0.2, 0) is 4.79 Å². The van der Waals surface area contributed by atoms with Gasteiger partial charge in [-0.05, 0) is 23.6 Å². The number of rotatable bonds is 5. The molecule has 0 fully saturated rings. The Balaban J connectivity index is 1.99. The van der Waals surface area contributed by atoms with Gasteiger partial charge >= 0.3 is 5.97 Å². The third-order valence-corrected chi connectivity index (χ3v) is 3.79. The average molecular weight is 297 g/mol. The molecule has 0 spiro atoms. The number of nitrogens with one attached hydrogen (secondary N) is 1. The SMILES string of the molecule is O=C(NCCC(O)C(=O)O)c1cc2ccc(F)cc2s1. The molecule has 1 aromatic heterocycles. The molecular formula is C13H12FNO4S. The summed E-state index contributed by atoms with van der Waals surface area (Å²) >= 11 is 1.15. The number of hydrogen-bond acceptors (Lipinski definition) is 4. The summed E-state index contributed by atoms with van der Waals surface area (Å²) in [7, 11) is 0. The van der Waals surface area contributed by atoms with E-state index in [-0.39, 0.29) is 24.7 Å². The van der Waals surface area contributed by atoms with Gasteiger partial charge in [-0.25, -0.2) is 9.18 Å². The van der Waals surface area contributed by atoms with Gasteiger partial charge in [0, 0.05) is 17.7 Å². The molecule has 0 aliphatic rings. The second kappa shape index (κ2) is 5.98. The number of aliphatic hydroxyl groups excluding tert-OH is 1. The summed E-state index contributed by atoms with van der Waals surface area (Å²) in [4.78, 5) is 22.6.